The number of Topliss-reactive ketones (excluding diaryl/α,β-unsaturated/α-hetero) is 1. The van der Waals surface area contributed by atoms with Crippen LogP contribution in [0.15, 0.2) is 54.6 Å². The first-order valence-corrected chi connectivity index (χ1v) is 7.03. The van der Waals surface area contributed by atoms with E-state index in [1.807, 2.05) is 61.5 Å². The first-order valence-electron chi connectivity index (χ1n) is 7.03. The van der Waals surface area contributed by atoms with Gasteiger partial charge in [-0.3, -0.25) is 4.79 Å². The number of hydrogen-bond acceptors (Lipinski definition) is 3. The third-order valence-corrected chi connectivity index (χ3v) is 3.61. The number of ketones is 1. The zero-order valence-corrected chi connectivity index (χ0v) is 12.7. The molecule has 0 unspecified atom stereocenters. The minimum absolute atomic E-state index is 0.0329. The van der Waals surface area contributed by atoms with Gasteiger partial charge in [-0.25, -0.2) is 0 Å². The number of likely N-dealkylation sites (N-methyl/N-ethyl adjacent to an activating group) is 1. The molecule has 0 heterocycles. The monoisotopic (exact) mass is 283 g/mol. The van der Waals surface area contributed by atoms with E-state index in [0.717, 1.165) is 5.56 Å². The Hall–Kier alpha value is -1.97. The van der Waals surface area contributed by atoms with E-state index >= 15 is 0 Å². The smallest absolute Gasteiger partial charge is 0.182 e. The number of carbonyl (C=O) groups is 1. The fraction of sp³-hybridized carbons (Fsp3) is 0.278. The van der Waals surface area contributed by atoms with Crippen molar-refractivity contribution in [1.29, 1.82) is 0 Å². The van der Waals surface area contributed by atoms with E-state index in [4.69, 9.17) is 4.74 Å². The van der Waals surface area contributed by atoms with Crippen molar-refractivity contribution in [3.8, 4) is 0 Å². The highest BCUT2D eigenvalue weighted by atomic mass is 16.5. The number of ether oxygens (including phenoxy) is 1. The van der Waals surface area contributed by atoms with E-state index in [2.05, 4.69) is 5.32 Å². The lowest BCUT2D eigenvalue weighted by Gasteiger charge is -2.25. The lowest BCUT2D eigenvalue weighted by atomic mass is 9.94. The molecule has 2 aromatic rings. The SMILES string of the molecule is CN[C@H](C(=O)c1ccccc1)[C@@H](OC)c1ccc(C)cc1. The van der Waals surface area contributed by atoms with Crippen LogP contribution in [0.25, 0.3) is 0 Å². The third kappa shape index (κ3) is 3.57. The summed E-state index contributed by atoms with van der Waals surface area (Å²) in [6.07, 6.45) is -0.316. The Morgan fingerprint density at radius 1 is 1.05 bits per heavy atom. The zero-order chi connectivity index (χ0) is 15.2. The van der Waals surface area contributed by atoms with Gasteiger partial charge in [-0.2, -0.15) is 0 Å². The van der Waals surface area contributed by atoms with Gasteiger partial charge in [0, 0.05) is 12.7 Å². The second kappa shape index (κ2) is 7.16. The molecule has 0 saturated carbocycles. The second-order valence-corrected chi connectivity index (χ2v) is 5.06. The summed E-state index contributed by atoms with van der Waals surface area (Å²) < 4.78 is 5.59. The van der Waals surface area contributed by atoms with E-state index in [0.29, 0.717) is 5.56 Å². The Morgan fingerprint density at radius 3 is 2.19 bits per heavy atom. The molecule has 0 aliphatic carbocycles. The van der Waals surface area contributed by atoms with Crippen LogP contribution in [0.5, 0.6) is 0 Å². The van der Waals surface area contributed by atoms with Gasteiger partial charge in [0.15, 0.2) is 5.78 Å². The molecule has 0 radical (unpaired) electrons. The maximum Gasteiger partial charge on any atom is 0.182 e. The van der Waals surface area contributed by atoms with Gasteiger partial charge in [0.25, 0.3) is 0 Å². The molecule has 2 atom stereocenters. The molecule has 3 heteroatoms. The maximum absolute atomic E-state index is 12.7. The summed E-state index contributed by atoms with van der Waals surface area (Å²) in [5.74, 6) is 0.0329. The Morgan fingerprint density at radius 2 is 1.67 bits per heavy atom. The van der Waals surface area contributed by atoms with Crippen LogP contribution in [0.2, 0.25) is 0 Å². The standard InChI is InChI=1S/C18H21NO2/c1-13-9-11-15(12-10-13)18(21-3)16(19-2)17(20)14-7-5-4-6-8-14/h4-12,16,18-19H,1-3H3/t16-,18+/m1/s1. The summed E-state index contributed by atoms with van der Waals surface area (Å²) >= 11 is 0. The number of aryl methyl sites for hydroxylation is 1. The molecule has 0 amide bonds. The van der Waals surface area contributed by atoms with Gasteiger partial charge < -0.3 is 10.1 Å². The van der Waals surface area contributed by atoms with Gasteiger partial charge in [-0.1, -0.05) is 60.2 Å². The van der Waals surface area contributed by atoms with Crippen LogP contribution in [0.4, 0.5) is 0 Å². The average molecular weight is 283 g/mol. The molecule has 0 spiro atoms. The van der Waals surface area contributed by atoms with E-state index in [-0.39, 0.29) is 11.9 Å². The highest BCUT2D eigenvalue weighted by Crippen LogP contribution is 2.23. The number of benzene rings is 2. The lowest BCUT2D eigenvalue weighted by Crippen LogP contribution is -2.40. The average Bonchev–Trinajstić information content (AvgIpc) is 2.54. The Bertz CT molecular complexity index is 578. The molecule has 21 heavy (non-hydrogen) atoms. The van der Waals surface area contributed by atoms with E-state index in [1.54, 1.807) is 14.2 Å². The number of rotatable bonds is 6. The number of hydrogen-bond donors (Lipinski definition) is 1. The van der Waals surface area contributed by atoms with E-state index < -0.39 is 6.04 Å². The molecule has 0 aromatic heterocycles. The summed E-state index contributed by atoms with van der Waals surface area (Å²) in [6, 6.07) is 16.9. The lowest BCUT2D eigenvalue weighted by molar-refractivity contribution is 0.0565. The number of methoxy groups -OCH3 is 1. The fourth-order valence-corrected chi connectivity index (χ4v) is 2.42. The summed E-state index contributed by atoms with van der Waals surface area (Å²) in [7, 11) is 3.42. The molecule has 0 aliphatic rings. The van der Waals surface area contributed by atoms with Crippen molar-refractivity contribution in [2.75, 3.05) is 14.2 Å². The minimum Gasteiger partial charge on any atom is -0.375 e. The molecule has 3 nitrogen and oxygen atoms in total. The Labute approximate surface area is 126 Å². The molecular formula is C18H21NO2. The van der Waals surface area contributed by atoms with Crippen molar-refractivity contribution >= 4 is 5.78 Å². The summed E-state index contributed by atoms with van der Waals surface area (Å²) in [4.78, 5) is 12.7. The van der Waals surface area contributed by atoms with Crippen molar-refractivity contribution in [3.63, 3.8) is 0 Å². The van der Waals surface area contributed by atoms with Crippen molar-refractivity contribution in [1.82, 2.24) is 5.32 Å². The highest BCUT2D eigenvalue weighted by molar-refractivity contribution is 6.00. The van der Waals surface area contributed by atoms with Gasteiger partial charge in [0.2, 0.25) is 0 Å². The van der Waals surface area contributed by atoms with Gasteiger partial charge in [-0.05, 0) is 19.5 Å². The van der Waals surface area contributed by atoms with Crippen LogP contribution in [0.1, 0.15) is 27.6 Å². The number of nitrogens with one attached hydrogen (secondary N) is 1. The normalized spacial score (nSPS) is 13.7. The molecule has 2 rings (SSSR count). The first kappa shape index (κ1) is 15.4. The third-order valence-electron chi connectivity index (χ3n) is 3.61. The topological polar surface area (TPSA) is 38.3 Å². The minimum atomic E-state index is -0.417. The van der Waals surface area contributed by atoms with Crippen molar-refractivity contribution < 1.29 is 9.53 Å². The van der Waals surface area contributed by atoms with Crippen LogP contribution in [-0.2, 0) is 4.74 Å². The van der Waals surface area contributed by atoms with Crippen LogP contribution in [-0.4, -0.2) is 26.0 Å². The Kier molecular flexibility index (Phi) is 5.26. The van der Waals surface area contributed by atoms with Gasteiger partial charge in [-0.15, -0.1) is 0 Å². The van der Waals surface area contributed by atoms with E-state index in [9.17, 15) is 4.79 Å². The van der Waals surface area contributed by atoms with Crippen LogP contribution >= 0.6 is 0 Å². The summed E-state index contributed by atoms with van der Waals surface area (Å²) in [5.41, 5.74) is 2.86. The van der Waals surface area contributed by atoms with Gasteiger partial charge in [0.05, 0.1) is 0 Å². The number of carbonyl (C=O) groups excluding carboxylic acids is 1. The molecule has 0 aliphatic heterocycles. The summed E-state index contributed by atoms with van der Waals surface area (Å²) in [5, 5.41) is 3.09. The van der Waals surface area contributed by atoms with Crippen LogP contribution in [0.3, 0.4) is 0 Å². The second-order valence-electron chi connectivity index (χ2n) is 5.06. The first-order chi connectivity index (χ1) is 10.2. The predicted molar refractivity (Wildman–Crippen MR) is 84.5 cm³/mol. The molecule has 0 saturated heterocycles. The Balaban J connectivity index is 2.29. The quantitative estimate of drug-likeness (QED) is 0.828. The fourth-order valence-electron chi connectivity index (χ4n) is 2.42. The molecular weight excluding hydrogens is 262 g/mol. The van der Waals surface area contributed by atoms with Crippen molar-refractivity contribution in [2.45, 2.75) is 19.1 Å². The zero-order valence-electron chi connectivity index (χ0n) is 12.7. The molecule has 0 bridgehead atoms. The maximum atomic E-state index is 12.7. The molecule has 110 valence electrons. The van der Waals surface area contributed by atoms with Gasteiger partial charge >= 0.3 is 0 Å². The summed E-state index contributed by atoms with van der Waals surface area (Å²) in [6.45, 7) is 2.04. The molecule has 2 aromatic carbocycles. The van der Waals surface area contributed by atoms with E-state index in [1.165, 1.54) is 5.56 Å². The molecule has 0 fully saturated rings. The van der Waals surface area contributed by atoms with Crippen molar-refractivity contribution in [2.24, 2.45) is 0 Å². The molecule has 1 N–H and O–H groups in total. The predicted octanol–water partition coefficient (Wildman–Crippen LogP) is 3.15. The van der Waals surface area contributed by atoms with Crippen molar-refractivity contribution in [3.05, 3.63) is 71.3 Å². The highest BCUT2D eigenvalue weighted by Gasteiger charge is 2.28. The van der Waals surface area contributed by atoms with Crippen LogP contribution < -0.4 is 5.32 Å². The van der Waals surface area contributed by atoms with Gasteiger partial charge in [0.1, 0.15) is 12.1 Å². The van der Waals surface area contributed by atoms with Crippen LogP contribution in [0, 0.1) is 6.92 Å². The largest absolute Gasteiger partial charge is 0.375 e.